The molecule has 2 amide bonds. The Balaban J connectivity index is 2.08. The van der Waals surface area contributed by atoms with Crippen molar-refractivity contribution in [2.45, 2.75) is 57.6 Å². The first-order valence-electron chi connectivity index (χ1n) is 12.7. The highest BCUT2D eigenvalue weighted by molar-refractivity contribution is 7.92. The Morgan fingerprint density at radius 3 is 2.17 bits per heavy atom. The number of carbonyl (C=O) groups excluding carboxylic acids is 2. The van der Waals surface area contributed by atoms with E-state index >= 15 is 0 Å². The summed E-state index contributed by atoms with van der Waals surface area (Å²) in [4.78, 5) is 28.5. The molecular weight excluding hydrogens is 593 g/mol. The Morgan fingerprint density at radius 2 is 1.55 bits per heavy atom. The fraction of sp³-hybridized carbons (Fsp3) is 0.310. The van der Waals surface area contributed by atoms with E-state index in [1.807, 2.05) is 13.8 Å². The van der Waals surface area contributed by atoms with Crippen molar-refractivity contribution in [2.75, 3.05) is 10.8 Å². The number of anilines is 1. The Kier molecular flexibility index (Phi) is 10.9. The molecule has 7 nitrogen and oxygen atoms in total. The van der Waals surface area contributed by atoms with Crippen LogP contribution in [0.25, 0.3) is 0 Å². The molecule has 40 heavy (non-hydrogen) atoms. The molecule has 0 saturated carbocycles. The monoisotopic (exact) mass is 623 g/mol. The van der Waals surface area contributed by atoms with Gasteiger partial charge in [0.15, 0.2) is 0 Å². The minimum Gasteiger partial charge on any atom is -0.352 e. The van der Waals surface area contributed by atoms with E-state index in [2.05, 4.69) is 5.32 Å². The number of sulfonamides is 1. The summed E-state index contributed by atoms with van der Waals surface area (Å²) in [5.41, 5.74) is 1.41. The van der Waals surface area contributed by atoms with Crippen molar-refractivity contribution in [1.29, 1.82) is 0 Å². The number of carbonyl (C=O) groups is 2. The van der Waals surface area contributed by atoms with Crippen LogP contribution in [0.15, 0.2) is 71.6 Å². The highest BCUT2D eigenvalue weighted by Gasteiger charge is 2.33. The molecule has 0 aliphatic carbocycles. The molecule has 0 spiro atoms. The topological polar surface area (TPSA) is 86.8 Å². The summed E-state index contributed by atoms with van der Waals surface area (Å²) in [7, 11) is -4.19. The van der Waals surface area contributed by atoms with Crippen LogP contribution in [-0.4, -0.2) is 43.8 Å². The van der Waals surface area contributed by atoms with Gasteiger partial charge >= 0.3 is 0 Å². The number of halogens is 3. The van der Waals surface area contributed by atoms with E-state index in [-0.39, 0.29) is 29.1 Å². The molecular formula is C29H32Cl3N3O4S. The standard InChI is InChI=1S/C29H32Cl3N3O4S/c1-5-20(3)33-29(37)21(4)34(17-22-12-14-23(30)15-26(22)32)28(36)18-35(27-16-24(31)13-11-19(27)2)40(38,39)25-9-7-6-8-10-25/h6-16,20-21H,5,17-18H2,1-4H3,(H,33,37). The fourth-order valence-corrected chi connectivity index (χ4v) is 6.09. The van der Waals surface area contributed by atoms with Crippen molar-refractivity contribution in [3.05, 3.63) is 92.9 Å². The second-order valence-corrected chi connectivity index (χ2v) is 12.6. The molecule has 0 radical (unpaired) electrons. The molecule has 3 aromatic rings. The lowest BCUT2D eigenvalue weighted by atomic mass is 10.1. The predicted molar refractivity (Wildman–Crippen MR) is 162 cm³/mol. The lowest BCUT2D eigenvalue weighted by Gasteiger charge is -2.33. The SMILES string of the molecule is CCC(C)NC(=O)C(C)N(Cc1ccc(Cl)cc1Cl)C(=O)CN(c1cc(Cl)ccc1C)S(=O)(=O)c1ccccc1. The van der Waals surface area contributed by atoms with Gasteiger partial charge < -0.3 is 10.2 Å². The average molecular weight is 625 g/mol. The first-order valence-corrected chi connectivity index (χ1v) is 15.3. The van der Waals surface area contributed by atoms with Gasteiger partial charge in [-0.05, 0) is 74.7 Å². The zero-order chi connectivity index (χ0) is 29.6. The van der Waals surface area contributed by atoms with Crippen molar-refractivity contribution in [3.8, 4) is 0 Å². The molecule has 0 bridgehead atoms. The Bertz CT molecular complexity index is 1470. The van der Waals surface area contributed by atoms with Gasteiger partial charge in [0.1, 0.15) is 12.6 Å². The molecule has 0 aromatic heterocycles. The average Bonchev–Trinajstić information content (AvgIpc) is 2.92. The Hall–Kier alpha value is -2.78. The van der Waals surface area contributed by atoms with Crippen molar-refractivity contribution in [2.24, 2.45) is 0 Å². The van der Waals surface area contributed by atoms with Crippen LogP contribution in [0.1, 0.15) is 38.3 Å². The van der Waals surface area contributed by atoms with E-state index in [0.29, 0.717) is 32.6 Å². The minimum absolute atomic E-state index is 0.0111. The van der Waals surface area contributed by atoms with Gasteiger partial charge in [-0.15, -0.1) is 0 Å². The first-order chi connectivity index (χ1) is 18.8. The second-order valence-electron chi connectivity index (χ2n) is 9.51. The molecule has 1 N–H and O–H groups in total. The minimum atomic E-state index is -4.19. The maximum atomic E-state index is 14.0. The molecule has 0 saturated heterocycles. The summed E-state index contributed by atoms with van der Waals surface area (Å²) in [5, 5.41) is 3.95. The number of rotatable bonds is 11. The van der Waals surface area contributed by atoms with E-state index in [4.69, 9.17) is 34.8 Å². The highest BCUT2D eigenvalue weighted by Crippen LogP contribution is 2.30. The summed E-state index contributed by atoms with van der Waals surface area (Å²) in [6, 6.07) is 16.5. The van der Waals surface area contributed by atoms with Crippen molar-refractivity contribution in [1.82, 2.24) is 10.2 Å². The third-order valence-corrected chi connectivity index (χ3v) is 9.17. The van der Waals surface area contributed by atoms with E-state index in [0.717, 1.165) is 4.31 Å². The van der Waals surface area contributed by atoms with Gasteiger partial charge in [-0.1, -0.05) is 72.1 Å². The van der Waals surface area contributed by atoms with E-state index < -0.39 is 28.5 Å². The van der Waals surface area contributed by atoms with Crippen LogP contribution in [0.3, 0.4) is 0 Å². The third kappa shape index (κ3) is 7.69. The molecule has 3 rings (SSSR count). The Labute approximate surface area is 251 Å². The summed E-state index contributed by atoms with van der Waals surface area (Å²) < 4.78 is 28.8. The number of amides is 2. The number of hydrogen-bond acceptors (Lipinski definition) is 4. The normalized spacial score (nSPS) is 12.9. The third-order valence-electron chi connectivity index (χ3n) is 6.57. The largest absolute Gasteiger partial charge is 0.352 e. The van der Waals surface area contributed by atoms with Gasteiger partial charge in [-0.3, -0.25) is 13.9 Å². The quantitative estimate of drug-likeness (QED) is 0.265. The molecule has 11 heteroatoms. The molecule has 0 fully saturated rings. The van der Waals surface area contributed by atoms with E-state index in [9.17, 15) is 18.0 Å². The smallest absolute Gasteiger partial charge is 0.264 e. The highest BCUT2D eigenvalue weighted by atomic mass is 35.5. The Morgan fingerprint density at radius 1 is 0.925 bits per heavy atom. The maximum Gasteiger partial charge on any atom is 0.264 e. The maximum absolute atomic E-state index is 14.0. The van der Waals surface area contributed by atoms with Crippen molar-refractivity contribution >= 4 is 62.3 Å². The predicted octanol–water partition coefficient (Wildman–Crippen LogP) is 6.48. The van der Waals surface area contributed by atoms with Crippen LogP contribution in [0.4, 0.5) is 5.69 Å². The van der Waals surface area contributed by atoms with Crippen LogP contribution in [0.5, 0.6) is 0 Å². The van der Waals surface area contributed by atoms with Gasteiger partial charge in [0.2, 0.25) is 11.8 Å². The first kappa shape index (κ1) is 31.7. The molecule has 3 aromatic carbocycles. The lowest BCUT2D eigenvalue weighted by Crippen LogP contribution is -2.52. The molecule has 2 unspecified atom stereocenters. The molecule has 2 atom stereocenters. The van der Waals surface area contributed by atoms with Gasteiger partial charge in [0.05, 0.1) is 10.6 Å². The molecule has 0 aliphatic heterocycles. The van der Waals surface area contributed by atoms with Crippen molar-refractivity contribution < 1.29 is 18.0 Å². The van der Waals surface area contributed by atoms with E-state index in [1.165, 1.54) is 23.1 Å². The lowest BCUT2D eigenvalue weighted by molar-refractivity contribution is -0.139. The summed E-state index contributed by atoms with van der Waals surface area (Å²) in [6.45, 7) is 6.51. The van der Waals surface area contributed by atoms with Gasteiger partial charge in [0.25, 0.3) is 10.0 Å². The summed E-state index contributed by atoms with van der Waals surface area (Å²) in [5.74, 6) is -0.971. The number of hydrogen-bond donors (Lipinski definition) is 1. The fourth-order valence-electron chi connectivity index (χ4n) is 3.97. The zero-order valence-electron chi connectivity index (χ0n) is 22.7. The van der Waals surface area contributed by atoms with Gasteiger partial charge in [-0.2, -0.15) is 0 Å². The van der Waals surface area contributed by atoms with Crippen LogP contribution in [0, 0.1) is 6.92 Å². The summed E-state index contributed by atoms with van der Waals surface area (Å²) in [6.07, 6.45) is 0.701. The van der Waals surface area contributed by atoms with Crippen molar-refractivity contribution in [3.63, 3.8) is 0 Å². The van der Waals surface area contributed by atoms with Crippen LogP contribution in [-0.2, 0) is 26.2 Å². The van der Waals surface area contributed by atoms with Crippen LogP contribution in [0.2, 0.25) is 15.1 Å². The molecule has 214 valence electrons. The number of nitrogens with zero attached hydrogens (tertiary/aromatic N) is 2. The molecule has 0 heterocycles. The van der Waals surface area contributed by atoms with Gasteiger partial charge in [0, 0.05) is 27.7 Å². The number of benzene rings is 3. The zero-order valence-corrected chi connectivity index (χ0v) is 25.8. The van der Waals surface area contributed by atoms with Crippen LogP contribution < -0.4 is 9.62 Å². The second kappa shape index (κ2) is 13.7. The van der Waals surface area contributed by atoms with E-state index in [1.54, 1.807) is 62.4 Å². The number of nitrogens with one attached hydrogen (secondary N) is 1. The number of aryl methyl sites for hydroxylation is 1. The van der Waals surface area contributed by atoms with Gasteiger partial charge in [-0.25, -0.2) is 8.42 Å². The summed E-state index contributed by atoms with van der Waals surface area (Å²) >= 11 is 18.7. The molecule has 0 aliphatic rings. The van der Waals surface area contributed by atoms with Crippen LogP contribution >= 0.6 is 34.8 Å².